The standard InChI is InChI=1S/C11H11NO2/c1-4-5-6-7-9(2)11(13)14-10(3)8-12/h4-7H,1,3H2,2H3/b6-5+,9-7+. The zero-order valence-electron chi connectivity index (χ0n) is 7.99. The highest BCUT2D eigenvalue weighted by molar-refractivity contribution is 5.89. The lowest BCUT2D eigenvalue weighted by molar-refractivity contribution is -0.134. The summed E-state index contributed by atoms with van der Waals surface area (Å²) in [6, 6.07) is 1.62. The number of hydrogen-bond donors (Lipinski definition) is 0. The molecule has 0 saturated carbocycles. The quantitative estimate of drug-likeness (QED) is 0.224. The van der Waals surface area contributed by atoms with Crippen molar-refractivity contribution in [1.82, 2.24) is 0 Å². The lowest BCUT2D eigenvalue weighted by atomic mass is 10.3. The second kappa shape index (κ2) is 6.44. The molecule has 14 heavy (non-hydrogen) atoms. The maximum Gasteiger partial charge on any atom is 0.339 e. The number of ether oxygens (including phenoxy) is 1. The van der Waals surface area contributed by atoms with Crippen molar-refractivity contribution in [2.45, 2.75) is 6.92 Å². The van der Waals surface area contributed by atoms with E-state index in [1.165, 1.54) is 0 Å². The van der Waals surface area contributed by atoms with Crippen molar-refractivity contribution in [2.24, 2.45) is 0 Å². The number of rotatable bonds is 4. The molecule has 0 rings (SSSR count). The Morgan fingerprint density at radius 1 is 1.50 bits per heavy atom. The number of hydrogen-bond acceptors (Lipinski definition) is 3. The molecule has 0 radical (unpaired) electrons. The van der Waals surface area contributed by atoms with E-state index in [0.717, 1.165) is 0 Å². The molecule has 0 aromatic rings. The molecule has 0 fully saturated rings. The molecule has 0 saturated heterocycles. The van der Waals surface area contributed by atoms with Crippen LogP contribution in [-0.2, 0) is 9.53 Å². The van der Waals surface area contributed by atoms with Crippen LogP contribution in [-0.4, -0.2) is 5.97 Å². The maximum atomic E-state index is 11.1. The Morgan fingerprint density at radius 2 is 2.14 bits per heavy atom. The molecule has 0 aliphatic heterocycles. The number of nitriles is 1. The minimum atomic E-state index is -0.578. The van der Waals surface area contributed by atoms with Gasteiger partial charge in [0.05, 0.1) is 0 Å². The van der Waals surface area contributed by atoms with Gasteiger partial charge in [0.1, 0.15) is 6.07 Å². The minimum Gasteiger partial charge on any atom is -0.412 e. The second-order valence-corrected chi connectivity index (χ2v) is 2.39. The summed E-state index contributed by atoms with van der Waals surface area (Å²) < 4.78 is 4.57. The van der Waals surface area contributed by atoms with Gasteiger partial charge in [-0.15, -0.1) is 0 Å². The zero-order chi connectivity index (χ0) is 11.0. The predicted molar refractivity (Wildman–Crippen MR) is 53.9 cm³/mol. The summed E-state index contributed by atoms with van der Waals surface area (Å²) in [5.41, 5.74) is 0.388. The van der Waals surface area contributed by atoms with Crippen molar-refractivity contribution in [3.05, 3.63) is 48.8 Å². The summed E-state index contributed by atoms with van der Waals surface area (Å²) in [6.07, 6.45) is 6.48. The Morgan fingerprint density at radius 3 is 2.64 bits per heavy atom. The lowest BCUT2D eigenvalue weighted by Gasteiger charge is -1.99. The van der Waals surface area contributed by atoms with Gasteiger partial charge < -0.3 is 4.74 Å². The topological polar surface area (TPSA) is 50.1 Å². The van der Waals surface area contributed by atoms with Crippen molar-refractivity contribution in [2.75, 3.05) is 0 Å². The Bertz CT molecular complexity index is 343. The van der Waals surface area contributed by atoms with Crippen LogP contribution < -0.4 is 0 Å². The largest absolute Gasteiger partial charge is 0.412 e. The van der Waals surface area contributed by atoms with Crippen molar-refractivity contribution in [3.8, 4) is 6.07 Å². The van der Waals surface area contributed by atoms with Crippen molar-refractivity contribution >= 4 is 5.97 Å². The molecular formula is C11H11NO2. The van der Waals surface area contributed by atoms with Crippen LogP contribution in [0.15, 0.2) is 48.8 Å². The van der Waals surface area contributed by atoms with E-state index in [1.807, 2.05) is 0 Å². The van der Waals surface area contributed by atoms with Crippen LogP contribution in [0.25, 0.3) is 0 Å². The van der Waals surface area contributed by atoms with Gasteiger partial charge in [-0.2, -0.15) is 5.26 Å². The molecule has 72 valence electrons. The van der Waals surface area contributed by atoms with Crippen LogP contribution in [0.3, 0.4) is 0 Å². The monoisotopic (exact) mass is 189 g/mol. The Hall–Kier alpha value is -2.08. The molecular weight excluding hydrogens is 178 g/mol. The number of allylic oxidation sites excluding steroid dienone is 5. The maximum absolute atomic E-state index is 11.1. The summed E-state index contributed by atoms with van der Waals surface area (Å²) in [7, 11) is 0. The Balaban J connectivity index is 4.33. The average molecular weight is 189 g/mol. The first kappa shape index (κ1) is 11.9. The summed E-state index contributed by atoms with van der Waals surface area (Å²) in [5.74, 6) is -0.791. The minimum absolute atomic E-state index is 0.213. The van der Waals surface area contributed by atoms with Gasteiger partial charge in [-0.1, -0.05) is 30.9 Å². The fraction of sp³-hybridized carbons (Fsp3) is 0.0909. The highest BCUT2D eigenvalue weighted by Gasteiger charge is 2.05. The van der Waals surface area contributed by atoms with E-state index in [2.05, 4.69) is 17.9 Å². The Labute approximate surface area is 83.3 Å². The van der Waals surface area contributed by atoms with Crippen LogP contribution in [0.4, 0.5) is 0 Å². The van der Waals surface area contributed by atoms with E-state index in [1.54, 1.807) is 37.3 Å². The average Bonchev–Trinajstić information content (AvgIpc) is 2.17. The Kier molecular flexibility index (Phi) is 5.48. The summed E-state index contributed by atoms with van der Waals surface area (Å²) in [4.78, 5) is 11.1. The van der Waals surface area contributed by atoms with Crippen LogP contribution in [0.2, 0.25) is 0 Å². The number of nitrogens with zero attached hydrogens (tertiary/aromatic N) is 1. The number of carbonyl (C=O) groups is 1. The van der Waals surface area contributed by atoms with Gasteiger partial charge in [-0.25, -0.2) is 4.79 Å². The molecule has 0 unspecified atom stereocenters. The normalized spacial score (nSPS) is 10.7. The van der Waals surface area contributed by atoms with Gasteiger partial charge in [0, 0.05) is 5.57 Å². The van der Waals surface area contributed by atoms with Crippen molar-refractivity contribution < 1.29 is 9.53 Å². The van der Waals surface area contributed by atoms with Crippen LogP contribution in [0.5, 0.6) is 0 Å². The predicted octanol–water partition coefficient (Wildman–Crippen LogP) is 2.26. The summed E-state index contributed by atoms with van der Waals surface area (Å²) in [5, 5.41) is 8.31. The summed E-state index contributed by atoms with van der Waals surface area (Å²) >= 11 is 0. The van der Waals surface area contributed by atoms with Crippen molar-refractivity contribution in [3.63, 3.8) is 0 Å². The second-order valence-electron chi connectivity index (χ2n) is 2.39. The van der Waals surface area contributed by atoms with Crippen molar-refractivity contribution in [1.29, 1.82) is 5.26 Å². The molecule has 0 aliphatic carbocycles. The van der Waals surface area contributed by atoms with Gasteiger partial charge in [0.25, 0.3) is 0 Å². The fourth-order valence-electron chi connectivity index (χ4n) is 0.562. The molecule has 0 spiro atoms. The first-order chi connectivity index (χ1) is 6.61. The first-order valence-electron chi connectivity index (χ1n) is 3.89. The number of esters is 1. The third kappa shape index (κ3) is 4.73. The van der Waals surface area contributed by atoms with Crippen LogP contribution >= 0.6 is 0 Å². The zero-order valence-corrected chi connectivity index (χ0v) is 7.99. The number of carbonyl (C=O) groups excluding carboxylic acids is 1. The molecule has 3 nitrogen and oxygen atoms in total. The van der Waals surface area contributed by atoms with Crippen LogP contribution in [0.1, 0.15) is 6.92 Å². The fourth-order valence-corrected chi connectivity index (χ4v) is 0.562. The molecule has 0 aliphatic rings. The van der Waals surface area contributed by atoms with Gasteiger partial charge in [0.15, 0.2) is 0 Å². The van der Waals surface area contributed by atoms with Gasteiger partial charge >= 0.3 is 5.97 Å². The third-order valence-corrected chi connectivity index (χ3v) is 1.26. The molecule has 0 amide bonds. The molecule has 3 heteroatoms. The SMILES string of the molecule is C=C/C=C/C=C(\C)C(=O)OC(=C)C#N. The molecule has 0 bridgehead atoms. The summed E-state index contributed by atoms with van der Waals surface area (Å²) in [6.45, 7) is 8.28. The van der Waals surface area contributed by atoms with E-state index in [-0.39, 0.29) is 5.76 Å². The van der Waals surface area contributed by atoms with E-state index >= 15 is 0 Å². The van der Waals surface area contributed by atoms with E-state index < -0.39 is 5.97 Å². The van der Waals surface area contributed by atoms with Crippen LogP contribution in [0, 0.1) is 11.3 Å². The molecule has 0 heterocycles. The highest BCUT2D eigenvalue weighted by atomic mass is 16.5. The third-order valence-electron chi connectivity index (χ3n) is 1.26. The van der Waals surface area contributed by atoms with E-state index in [9.17, 15) is 4.79 Å². The molecule has 0 aromatic heterocycles. The molecule has 0 atom stereocenters. The molecule has 0 N–H and O–H groups in total. The van der Waals surface area contributed by atoms with Gasteiger partial charge in [-0.05, 0) is 13.5 Å². The molecule has 0 aromatic carbocycles. The van der Waals surface area contributed by atoms with Gasteiger partial charge in [-0.3, -0.25) is 0 Å². The van der Waals surface area contributed by atoms with E-state index in [0.29, 0.717) is 5.57 Å². The van der Waals surface area contributed by atoms with E-state index in [4.69, 9.17) is 5.26 Å². The van der Waals surface area contributed by atoms with Gasteiger partial charge in [0.2, 0.25) is 5.76 Å². The highest BCUT2D eigenvalue weighted by Crippen LogP contribution is 2.01. The first-order valence-corrected chi connectivity index (χ1v) is 3.89. The lowest BCUT2D eigenvalue weighted by Crippen LogP contribution is -2.03. The smallest absolute Gasteiger partial charge is 0.339 e.